The van der Waals surface area contributed by atoms with E-state index in [1.807, 2.05) is 11.8 Å². The molecule has 1 nitrogen and oxygen atoms in total. The van der Waals surface area contributed by atoms with Crippen LogP contribution >= 0.6 is 11.8 Å². The first-order chi connectivity index (χ1) is 9.74. The molecule has 0 bridgehead atoms. The summed E-state index contributed by atoms with van der Waals surface area (Å²) in [4.78, 5) is 1.46. The SMILES string of the molecule is Cc1cccc([C@H](C)NCC2CSc3ccccc32)c1. The molecular formula is C18H21NS. The van der Waals surface area contributed by atoms with Crippen molar-refractivity contribution in [2.45, 2.75) is 30.7 Å². The Labute approximate surface area is 125 Å². The fraction of sp³-hybridized carbons (Fsp3) is 0.333. The van der Waals surface area contributed by atoms with Crippen LogP contribution in [0, 0.1) is 6.92 Å². The zero-order valence-corrected chi connectivity index (χ0v) is 12.9. The third kappa shape index (κ3) is 2.92. The number of hydrogen-bond donors (Lipinski definition) is 1. The van der Waals surface area contributed by atoms with E-state index in [0.717, 1.165) is 6.54 Å². The van der Waals surface area contributed by atoms with Gasteiger partial charge < -0.3 is 5.32 Å². The predicted molar refractivity (Wildman–Crippen MR) is 87.5 cm³/mol. The van der Waals surface area contributed by atoms with Crippen LogP contribution in [0.1, 0.15) is 35.6 Å². The lowest BCUT2D eigenvalue weighted by Crippen LogP contribution is -2.24. The molecule has 1 heterocycles. The zero-order valence-electron chi connectivity index (χ0n) is 12.1. The van der Waals surface area contributed by atoms with Crippen LogP contribution in [0.25, 0.3) is 0 Å². The highest BCUT2D eigenvalue weighted by Crippen LogP contribution is 2.39. The fourth-order valence-corrected chi connectivity index (χ4v) is 4.03. The lowest BCUT2D eigenvalue weighted by Gasteiger charge is -2.18. The molecule has 2 aromatic rings. The largest absolute Gasteiger partial charge is 0.310 e. The molecule has 1 N–H and O–H groups in total. The van der Waals surface area contributed by atoms with Crippen molar-refractivity contribution in [3.8, 4) is 0 Å². The van der Waals surface area contributed by atoms with Gasteiger partial charge in [0.25, 0.3) is 0 Å². The highest BCUT2D eigenvalue weighted by molar-refractivity contribution is 7.99. The summed E-state index contributed by atoms with van der Waals surface area (Å²) in [5.74, 6) is 1.84. The first kappa shape index (κ1) is 13.7. The Hall–Kier alpha value is -1.25. The Morgan fingerprint density at radius 2 is 2.05 bits per heavy atom. The maximum atomic E-state index is 3.70. The molecule has 1 aliphatic heterocycles. The standard InChI is InChI=1S/C18H21NS/c1-13-6-5-7-15(10-13)14(2)19-11-16-12-20-18-9-4-3-8-17(16)18/h3-10,14,16,19H,11-12H2,1-2H3/t14-,16?/m0/s1. The van der Waals surface area contributed by atoms with Gasteiger partial charge in [0, 0.05) is 29.2 Å². The summed E-state index contributed by atoms with van der Waals surface area (Å²) in [6, 6.07) is 18.0. The average molecular weight is 283 g/mol. The van der Waals surface area contributed by atoms with E-state index >= 15 is 0 Å². The van der Waals surface area contributed by atoms with Gasteiger partial charge in [-0.05, 0) is 31.0 Å². The molecule has 0 spiro atoms. The molecule has 2 aromatic carbocycles. The molecule has 0 saturated heterocycles. The van der Waals surface area contributed by atoms with E-state index in [1.54, 1.807) is 0 Å². The van der Waals surface area contributed by atoms with E-state index in [2.05, 4.69) is 67.7 Å². The number of fused-ring (bicyclic) bond motifs is 1. The fourth-order valence-electron chi connectivity index (χ4n) is 2.77. The summed E-state index contributed by atoms with van der Waals surface area (Å²) in [5, 5.41) is 3.70. The topological polar surface area (TPSA) is 12.0 Å². The molecule has 0 aliphatic carbocycles. The van der Waals surface area contributed by atoms with E-state index in [1.165, 1.54) is 27.3 Å². The van der Waals surface area contributed by atoms with E-state index in [9.17, 15) is 0 Å². The molecule has 0 aromatic heterocycles. The number of nitrogens with one attached hydrogen (secondary N) is 1. The Kier molecular flexibility index (Phi) is 4.13. The maximum Gasteiger partial charge on any atom is 0.0292 e. The minimum absolute atomic E-state index is 0.410. The van der Waals surface area contributed by atoms with Gasteiger partial charge in [-0.3, -0.25) is 0 Å². The molecule has 2 heteroatoms. The van der Waals surface area contributed by atoms with Crippen molar-refractivity contribution in [3.05, 3.63) is 65.2 Å². The van der Waals surface area contributed by atoms with E-state index < -0.39 is 0 Å². The second-order valence-electron chi connectivity index (χ2n) is 5.59. The Bertz CT molecular complexity index is 593. The molecule has 2 atom stereocenters. The van der Waals surface area contributed by atoms with E-state index in [4.69, 9.17) is 0 Å². The van der Waals surface area contributed by atoms with Crippen LogP contribution in [-0.2, 0) is 0 Å². The summed E-state index contributed by atoms with van der Waals surface area (Å²) in [6.07, 6.45) is 0. The van der Waals surface area contributed by atoms with Crippen LogP contribution in [0.15, 0.2) is 53.4 Å². The lowest BCUT2D eigenvalue weighted by molar-refractivity contribution is 0.540. The number of benzene rings is 2. The normalized spacial score (nSPS) is 18.8. The highest BCUT2D eigenvalue weighted by Gasteiger charge is 2.22. The van der Waals surface area contributed by atoms with Gasteiger partial charge in [-0.15, -0.1) is 11.8 Å². The van der Waals surface area contributed by atoms with Crippen molar-refractivity contribution in [1.29, 1.82) is 0 Å². The summed E-state index contributed by atoms with van der Waals surface area (Å²) in [6.45, 7) is 5.46. The van der Waals surface area contributed by atoms with Crippen LogP contribution in [0.5, 0.6) is 0 Å². The Balaban J connectivity index is 1.63. The first-order valence-corrected chi connectivity index (χ1v) is 8.24. The summed E-state index contributed by atoms with van der Waals surface area (Å²) >= 11 is 1.99. The van der Waals surface area contributed by atoms with E-state index in [-0.39, 0.29) is 0 Å². The molecular weight excluding hydrogens is 262 g/mol. The minimum Gasteiger partial charge on any atom is -0.310 e. The van der Waals surface area contributed by atoms with E-state index in [0.29, 0.717) is 12.0 Å². The quantitative estimate of drug-likeness (QED) is 0.884. The van der Waals surface area contributed by atoms with Gasteiger partial charge in [0.15, 0.2) is 0 Å². The van der Waals surface area contributed by atoms with Gasteiger partial charge in [0.2, 0.25) is 0 Å². The van der Waals surface area contributed by atoms with Gasteiger partial charge in [0.05, 0.1) is 0 Å². The summed E-state index contributed by atoms with van der Waals surface area (Å²) in [5.41, 5.74) is 4.23. The van der Waals surface area contributed by atoms with Crippen LogP contribution in [0.2, 0.25) is 0 Å². The highest BCUT2D eigenvalue weighted by atomic mass is 32.2. The van der Waals surface area contributed by atoms with Crippen molar-refractivity contribution in [3.63, 3.8) is 0 Å². The molecule has 104 valence electrons. The van der Waals surface area contributed by atoms with Gasteiger partial charge in [-0.2, -0.15) is 0 Å². The second kappa shape index (κ2) is 6.02. The van der Waals surface area contributed by atoms with Crippen LogP contribution in [0.3, 0.4) is 0 Å². The number of rotatable bonds is 4. The molecule has 1 aliphatic rings. The Morgan fingerprint density at radius 3 is 2.90 bits per heavy atom. The van der Waals surface area contributed by atoms with Crippen molar-refractivity contribution >= 4 is 11.8 Å². The maximum absolute atomic E-state index is 3.70. The van der Waals surface area contributed by atoms with Gasteiger partial charge in [0.1, 0.15) is 0 Å². The molecule has 0 amide bonds. The van der Waals surface area contributed by atoms with Crippen molar-refractivity contribution < 1.29 is 0 Å². The van der Waals surface area contributed by atoms with Crippen molar-refractivity contribution in [2.75, 3.05) is 12.3 Å². The number of thioether (sulfide) groups is 1. The first-order valence-electron chi connectivity index (χ1n) is 7.25. The molecule has 0 radical (unpaired) electrons. The second-order valence-corrected chi connectivity index (χ2v) is 6.65. The third-order valence-corrected chi connectivity index (χ3v) is 5.26. The van der Waals surface area contributed by atoms with Gasteiger partial charge >= 0.3 is 0 Å². The van der Waals surface area contributed by atoms with Crippen LogP contribution in [-0.4, -0.2) is 12.3 Å². The summed E-state index contributed by atoms with van der Waals surface area (Å²) < 4.78 is 0. The summed E-state index contributed by atoms with van der Waals surface area (Å²) in [7, 11) is 0. The number of hydrogen-bond acceptors (Lipinski definition) is 2. The molecule has 3 rings (SSSR count). The Morgan fingerprint density at radius 1 is 1.20 bits per heavy atom. The van der Waals surface area contributed by atoms with Crippen molar-refractivity contribution in [1.82, 2.24) is 5.32 Å². The zero-order chi connectivity index (χ0) is 13.9. The lowest BCUT2D eigenvalue weighted by atomic mass is 10.00. The van der Waals surface area contributed by atoms with Crippen molar-refractivity contribution in [2.24, 2.45) is 0 Å². The molecule has 1 unspecified atom stereocenters. The number of aryl methyl sites for hydroxylation is 1. The minimum atomic E-state index is 0.410. The third-order valence-electron chi connectivity index (χ3n) is 4.01. The van der Waals surface area contributed by atoms with Crippen LogP contribution < -0.4 is 5.32 Å². The average Bonchev–Trinajstić information content (AvgIpc) is 2.88. The predicted octanol–water partition coefficient (Wildman–Crippen LogP) is 4.54. The molecule has 0 fully saturated rings. The van der Waals surface area contributed by atoms with Gasteiger partial charge in [-0.1, -0.05) is 48.0 Å². The molecule has 20 heavy (non-hydrogen) atoms. The van der Waals surface area contributed by atoms with Crippen LogP contribution in [0.4, 0.5) is 0 Å². The van der Waals surface area contributed by atoms with Gasteiger partial charge in [-0.25, -0.2) is 0 Å². The smallest absolute Gasteiger partial charge is 0.0292 e. The molecule has 0 saturated carbocycles. The monoisotopic (exact) mass is 283 g/mol.